The Morgan fingerprint density at radius 1 is 0.727 bits per heavy atom. The van der Waals surface area contributed by atoms with Gasteiger partial charge in [-0.25, -0.2) is 4.79 Å². The molecule has 0 saturated carbocycles. The summed E-state index contributed by atoms with van der Waals surface area (Å²) in [4.78, 5) is 14.7. The number of hydrogen-bond donors (Lipinski definition) is 2. The standard InChI is InChI=1S/C17H18N2O3/c1-18-15(20)19(2)17(22,14-11-7-4-8-12-14)16(18,21)13-9-5-3-6-10-13/h3-12,21-22H,1-2H3/t16-,17+. The van der Waals surface area contributed by atoms with E-state index in [1.165, 1.54) is 14.1 Å². The summed E-state index contributed by atoms with van der Waals surface area (Å²) in [7, 11) is 2.96. The Hall–Kier alpha value is -2.37. The highest BCUT2D eigenvalue weighted by atomic mass is 16.4. The van der Waals surface area contributed by atoms with Gasteiger partial charge in [-0.15, -0.1) is 0 Å². The number of aliphatic hydroxyl groups is 2. The van der Waals surface area contributed by atoms with Crippen LogP contribution in [0.4, 0.5) is 4.79 Å². The first-order valence-corrected chi connectivity index (χ1v) is 7.01. The SMILES string of the molecule is CN1C(=O)N(C)[C@@](O)(c2ccccc2)[C@@]1(O)c1ccccc1. The van der Waals surface area contributed by atoms with Crippen molar-refractivity contribution in [3.8, 4) is 0 Å². The van der Waals surface area contributed by atoms with Crippen LogP contribution in [0.25, 0.3) is 0 Å². The third-order valence-electron chi connectivity index (χ3n) is 4.38. The van der Waals surface area contributed by atoms with Gasteiger partial charge in [-0.05, 0) is 0 Å². The Balaban J connectivity index is 2.28. The van der Waals surface area contributed by atoms with E-state index in [4.69, 9.17) is 0 Å². The number of carbonyl (C=O) groups is 1. The summed E-state index contributed by atoms with van der Waals surface area (Å²) in [6.07, 6.45) is 0. The zero-order valence-corrected chi connectivity index (χ0v) is 12.5. The quantitative estimate of drug-likeness (QED) is 0.886. The second kappa shape index (κ2) is 4.83. The van der Waals surface area contributed by atoms with E-state index < -0.39 is 17.5 Å². The molecule has 1 aliphatic heterocycles. The molecule has 5 nitrogen and oxygen atoms in total. The molecule has 0 unspecified atom stereocenters. The number of rotatable bonds is 2. The zero-order chi connectivity index (χ0) is 16.0. The average molecular weight is 298 g/mol. The van der Waals surface area contributed by atoms with Crippen molar-refractivity contribution in [2.24, 2.45) is 0 Å². The van der Waals surface area contributed by atoms with Gasteiger partial charge in [-0.3, -0.25) is 9.80 Å². The number of likely N-dealkylation sites (N-methyl/N-ethyl adjacent to an activating group) is 2. The summed E-state index contributed by atoms with van der Waals surface area (Å²) in [6.45, 7) is 0. The van der Waals surface area contributed by atoms with Gasteiger partial charge in [-0.2, -0.15) is 0 Å². The van der Waals surface area contributed by atoms with Gasteiger partial charge in [0.1, 0.15) is 0 Å². The Morgan fingerprint density at radius 3 is 1.36 bits per heavy atom. The smallest absolute Gasteiger partial charge is 0.324 e. The number of hydrogen-bond acceptors (Lipinski definition) is 3. The first-order valence-electron chi connectivity index (χ1n) is 7.01. The van der Waals surface area contributed by atoms with Gasteiger partial charge in [0.25, 0.3) is 0 Å². The third-order valence-corrected chi connectivity index (χ3v) is 4.38. The van der Waals surface area contributed by atoms with E-state index in [9.17, 15) is 15.0 Å². The Bertz CT molecular complexity index is 632. The van der Waals surface area contributed by atoms with Crippen LogP contribution in [-0.2, 0) is 11.4 Å². The van der Waals surface area contributed by atoms with Crippen molar-refractivity contribution in [1.82, 2.24) is 9.80 Å². The molecule has 0 spiro atoms. The summed E-state index contributed by atoms with van der Waals surface area (Å²) < 4.78 is 0. The normalized spacial score (nSPS) is 28.3. The fourth-order valence-electron chi connectivity index (χ4n) is 3.10. The largest absolute Gasteiger partial charge is 0.363 e. The minimum Gasteiger partial charge on any atom is -0.363 e. The topological polar surface area (TPSA) is 64.0 Å². The first kappa shape index (κ1) is 14.6. The van der Waals surface area contributed by atoms with E-state index in [0.717, 1.165) is 9.80 Å². The maximum Gasteiger partial charge on any atom is 0.324 e. The van der Waals surface area contributed by atoms with Gasteiger partial charge in [0, 0.05) is 25.2 Å². The Kier molecular flexibility index (Phi) is 3.20. The van der Waals surface area contributed by atoms with Crippen LogP contribution in [0.5, 0.6) is 0 Å². The summed E-state index contributed by atoms with van der Waals surface area (Å²) in [6, 6.07) is 17.0. The number of carbonyl (C=O) groups excluding carboxylic acids is 1. The zero-order valence-electron chi connectivity index (χ0n) is 12.5. The molecule has 1 saturated heterocycles. The predicted molar refractivity (Wildman–Crippen MR) is 81.6 cm³/mol. The lowest BCUT2D eigenvalue weighted by molar-refractivity contribution is -0.237. The van der Waals surface area contributed by atoms with Crippen molar-refractivity contribution in [2.45, 2.75) is 11.4 Å². The minimum absolute atomic E-state index is 0.446. The lowest BCUT2D eigenvalue weighted by Crippen LogP contribution is -2.56. The van der Waals surface area contributed by atoms with Crippen LogP contribution in [0.1, 0.15) is 11.1 Å². The van der Waals surface area contributed by atoms with Gasteiger partial charge in [0.2, 0.25) is 11.4 Å². The molecule has 2 atom stereocenters. The van der Waals surface area contributed by atoms with Crippen molar-refractivity contribution in [1.29, 1.82) is 0 Å². The molecular weight excluding hydrogens is 280 g/mol. The van der Waals surface area contributed by atoms with Gasteiger partial charge >= 0.3 is 6.03 Å². The number of benzene rings is 2. The molecule has 2 aromatic carbocycles. The molecule has 2 N–H and O–H groups in total. The van der Waals surface area contributed by atoms with Crippen LogP contribution < -0.4 is 0 Å². The number of urea groups is 1. The van der Waals surface area contributed by atoms with E-state index in [0.29, 0.717) is 11.1 Å². The van der Waals surface area contributed by atoms with Crippen LogP contribution >= 0.6 is 0 Å². The van der Waals surface area contributed by atoms with Crippen LogP contribution in [0.2, 0.25) is 0 Å². The van der Waals surface area contributed by atoms with E-state index in [-0.39, 0.29) is 0 Å². The third kappa shape index (κ3) is 1.63. The second-order valence-corrected chi connectivity index (χ2v) is 5.48. The fraction of sp³-hybridized carbons (Fsp3) is 0.235. The van der Waals surface area contributed by atoms with Gasteiger partial charge < -0.3 is 10.2 Å². The molecule has 2 aromatic rings. The van der Waals surface area contributed by atoms with Crippen LogP contribution in [-0.4, -0.2) is 40.1 Å². The highest BCUT2D eigenvalue weighted by molar-refractivity contribution is 5.79. The Labute approximate surface area is 129 Å². The van der Waals surface area contributed by atoms with Gasteiger partial charge in [-0.1, -0.05) is 60.7 Å². The van der Waals surface area contributed by atoms with E-state index in [1.54, 1.807) is 48.5 Å². The molecule has 3 rings (SSSR count). The first-order chi connectivity index (χ1) is 10.4. The Morgan fingerprint density at radius 2 is 1.05 bits per heavy atom. The van der Waals surface area contributed by atoms with E-state index in [2.05, 4.69) is 0 Å². The van der Waals surface area contributed by atoms with Crippen molar-refractivity contribution < 1.29 is 15.0 Å². The van der Waals surface area contributed by atoms with Crippen molar-refractivity contribution in [2.75, 3.05) is 14.1 Å². The molecule has 0 aromatic heterocycles. The predicted octanol–water partition coefficient (Wildman–Crippen LogP) is 1.67. The molecule has 1 aliphatic rings. The maximum absolute atomic E-state index is 12.4. The summed E-state index contributed by atoms with van der Waals surface area (Å²) in [5, 5.41) is 22.7. The molecule has 1 heterocycles. The summed E-state index contributed by atoms with van der Waals surface area (Å²) in [5.41, 5.74) is -2.88. The molecule has 22 heavy (non-hydrogen) atoms. The molecule has 0 bridgehead atoms. The van der Waals surface area contributed by atoms with Gasteiger partial charge in [0.05, 0.1) is 0 Å². The summed E-state index contributed by atoms with van der Waals surface area (Å²) in [5.74, 6) is 0. The van der Waals surface area contributed by atoms with E-state index in [1.807, 2.05) is 12.1 Å². The number of amides is 2. The highest BCUT2D eigenvalue weighted by Gasteiger charge is 2.66. The minimum atomic E-state index is -1.89. The molecule has 0 aliphatic carbocycles. The number of nitrogens with zero attached hydrogens (tertiary/aromatic N) is 2. The van der Waals surface area contributed by atoms with Crippen molar-refractivity contribution >= 4 is 6.03 Å². The fourth-order valence-corrected chi connectivity index (χ4v) is 3.10. The molecular formula is C17H18N2O3. The molecule has 2 amide bonds. The maximum atomic E-state index is 12.4. The average Bonchev–Trinajstić information content (AvgIpc) is 2.71. The van der Waals surface area contributed by atoms with E-state index >= 15 is 0 Å². The van der Waals surface area contributed by atoms with Crippen LogP contribution in [0.3, 0.4) is 0 Å². The second-order valence-electron chi connectivity index (χ2n) is 5.48. The monoisotopic (exact) mass is 298 g/mol. The lowest BCUT2D eigenvalue weighted by atomic mass is 9.86. The summed E-state index contributed by atoms with van der Waals surface area (Å²) >= 11 is 0. The molecule has 5 heteroatoms. The lowest BCUT2D eigenvalue weighted by Gasteiger charge is -2.42. The molecule has 0 radical (unpaired) electrons. The van der Waals surface area contributed by atoms with Crippen LogP contribution in [0, 0.1) is 0 Å². The molecule has 1 fully saturated rings. The van der Waals surface area contributed by atoms with Gasteiger partial charge in [0.15, 0.2) is 0 Å². The molecule has 114 valence electrons. The van der Waals surface area contributed by atoms with Crippen LogP contribution in [0.15, 0.2) is 60.7 Å². The van der Waals surface area contributed by atoms with Crippen molar-refractivity contribution in [3.63, 3.8) is 0 Å². The highest BCUT2D eigenvalue weighted by Crippen LogP contribution is 2.49. The van der Waals surface area contributed by atoms with Crippen molar-refractivity contribution in [3.05, 3.63) is 71.8 Å².